The fourth-order valence-corrected chi connectivity index (χ4v) is 5.22. The molecule has 212 valence electrons. The van der Waals surface area contributed by atoms with Gasteiger partial charge >= 0.3 is 13.2 Å². The summed E-state index contributed by atoms with van der Waals surface area (Å²) in [5.74, 6) is -1.34. The number of ether oxygens (including phenoxy) is 2. The van der Waals surface area contributed by atoms with Crippen LogP contribution in [0.4, 0.5) is 4.79 Å². The molecule has 0 bridgehead atoms. The minimum Gasteiger partial charge on any atom is -0.444 e. The van der Waals surface area contributed by atoms with Crippen molar-refractivity contribution < 1.29 is 29.1 Å². The number of nitrogens with one attached hydrogen (secondary N) is 1. The predicted octanol–water partition coefficient (Wildman–Crippen LogP) is 2.05. The molecule has 3 N–H and O–H groups in total. The van der Waals surface area contributed by atoms with Crippen LogP contribution in [0.25, 0.3) is 0 Å². The van der Waals surface area contributed by atoms with Crippen LogP contribution >= 0.6 is 0 Å². The summed E-state index contributed by atoms with van der Waals surface area (Å²) in [5.41, 5.74) is 0.359. The zero-order valence-electron chi connectivity index (χ0n) is 23.4. The third-order valence-corrected chi connectivity index (χ3v) is 7.23. The molecule has 2 amide bonds. The molecule has 39 heavy (non-hydrogen) atoms. The van der Waals surface area contributed by atoms with E-state index in [0.717, 1.165) is 18.4 Å². The van der Waals surface area contributed by atoms with Gasteiger partial charge in [-0.15, -0.1) is 0 Å². The smallest absolute Gasteiger partial charge is 0.444 e. The summed E-state index contributed by atoms with van der Waals surface area (Å²) in [7, 11) is -1.77. The van der Waals surface area contributed by atoms with Crippen LogP contribution in [0.15, 0.2) is 42.0 Å². The first-order valence-electron chi connectivity index (χ1n) is 13.7. The number of nitriles is 1. The Balaban J connectivity index is 1.64. The Kier molecular flexibility index (Phi) is 11.0. The van der Waals surface area contributed by atoms with E-state index >= 15 is 0 Å². The maximum Gasteiger partial charge on any atom is 0.475 e. The van der Waals surface area contributed by atoms with Gasteiger partial charge in [0.1, 0.15) is 17.7 Å². The standard InChI is InChI=1S/C28H41BN4O6/c1-20-17-33(18-21(2)38-20)28(3,4)15-23(16-30)26(34)32-13-9-8-12-24(19-32)39-27(35)31-25(29(36)37)14-22-10-6-5-7-11-22/h5-7,10-11,15,20-21,24-25,36-37H,8-9,12-14,17-19H2,1-4H3,(H,31,35)/t20-,21+,24-,25?/m1/s1. The summed E-state index contributed by atoms with van der Waals surface area (Å²) in [5, 5.41) is 32.0. The molecule has 1 aromatic rings. The van der Waals surface area contributed by atoms with E-state index in [0.29, 0.717) is 26.1 Å². The lowest BCUT2D eigenvalue weighted by Gasteiger charge is -2.43. The van der Waals surface area contributed by atoms with E-state index < -0.39 is 30.8 Å². The van der Waals surface area contributed by atoms with Gasteiger partial charge in [-0.3, -0.25) is 9.69 Å². The van der Waals surface area contributed by atoms with Crippen LogP contribution in [-0.4, -0.2) is 94.9 Å². The normalized spacial score (nSPS) is 23.8. The summed E-state index contributed by atoms with van der Waals surface area (Å²) in [6.07, 6.45) is 2.71. The molecule has 3 rings (SSSR count). The number of amides is 2. The van der Waals surface area contributed by atoms with Crippen molar-refractivity contribution in [2.24, 2.45) is 0 Å². The number of carbonyl (C=O) groups is 2. The van der Waals surface area contributed by atoms with Gasteiger partial charge in [-0.25, -0.2) is 4.79 Å². The van der Waals surface area contributed by atoms with Crippen molar-refractivity contribution in [2.45, 2.75) is 83.2 Å². The predicted molar refractivity (Wildman–Crippen MR) is 147 cm³/mol. The zero-order chi connectivity index (χ0) is 28.6. The second-order valence-corrected chi connectivity index (χ2v) is 11.1. The molecule has 11 heteroatoms. The number of benzene rings is 1. The van der Waals surface area contributed by atoms with Gasteiger partial charge in [0.05, 0.1) is 24.7 Å². The molecule has 10 nitrogen and oxygen atoms in total. The minimum atomic E-state index is -1.77. The molecule has 2 aliphatic heterocycles. The third kappa shape index (κ3) is 9.07. The van der Waals surface area contributed by atoms with Gasteiger partial charge in [0.25, 0.3) is 5.91 Å². The van der Waals surface area contributed by atoms with E-state index in [1.54, 1.807) is 11.0 Å². The Morgan fingerprint density at radius 2 is 1.87 bits per heavy atom. The molecular weight excluding hydrogens is 499 g/mol. The monoisotopic (exact) mass is 540 g/mol. The van der Waals surface area contributed by atoms with E-state index in [2.05, 4.69) is 16.3 Å². The number of alkyl carbamates (subject to hydrolysis) is 1. The van der Waals surface area contributed by atoms with Crippen molar-refractivity contribution in [1.82, 2.24) is 15.1 Å². The van der Waals surface area contributed by atoms with Gasteiger partial charge in [0, 0.05) is 25.2 Å². The van der Waals surface area contributed by atoms with Gasteiger partial charge in [-0.1, -0.05) is 30.3 Å². The average molecular weight is 540 g/mol. The summed E-state index contributed by atoms with van der Waals surface area (Å²) in [4.78, 5) is 29.9. The first kappa shape index (κ1) is 30.6. The maximum absolute atomic E-state index is 13.4. The summed E-state index contributed by atoms with van der Waals surface area (Å²) in [6.45, 7) is 10.0. The van der Waals surface area contributed by atoms with Crippen LogP contribution in [0.5, 0.6) is 0 Å². The van der Waals surface area contributed by atoms with Crippen molar-refractivity contribution in [3.63, 3.8) is 0 Å². The molecule has 2 saturated heterocycles. The molecule has 0 saturated carbocycles. The number of carbonyl (C=O) groups excluding carboxylic acids is 2. The third-order valence-electron chi connectivity index (χ3n) is 7.23. The number of hydrogen-bond acceptors (Lipinski definition) is 8. The second kappa shape index (κ2) is 13.9. The fraction of sp³-hybridized carbons (Fsp3) is 0.607. The van der Waals surface area contributed by atoms with Gasteiger partial charge in [0.2, 0.25) is 0 Å². The molecule has 4 atom stereocenters. The quantitative estimate of drug-likeness (QED) is 0.259. The van der Waals surface area contributed by atoms with Crippen molar-refractivity contribution in [2.75, 3.05) is 26.2 Å². The van der Waals surface area contributed by atoms with Crippen LogP contribution in [0.2, 0.25) is 0 Å². The Hall–Kier alpha value is -2.91. The highest BCUT2D eigenvalue weighted by Crippen LogP contribution is 2.25. The summed E-state index contributed by atoms with van der Waals surface area (Å²) < 4.78 is 11.4. The lowest BCUT2D eigenvalue weighted by molar-refractivity contribution is -0.128. The minimum absolute atomic E-state index is 0.0524. The number of likely N-dealkylation sites (tertiary alicyclic amines) is 1. The first-order valence-corrected chi connectivity index (χ1v) is 13.7. The molecule has 1 unspecified atom stereocenters. The molecular formula is C28H41BN4O6. The molecule has 0 radical (unpaired) electrons. The number of hydrogen-bond donors (Lipinski definition) is 3. The number of nitrogens with zero attached hydrogens (tertiary/aromatic N) is 3. The molecule has 2 heterocycles. The Bertz CT molecular complexity index is 1030. The van der Waals surface area contributed by atoms with Crippen LogP contribution in [0.3, 0.4) is 0 Å². The Morgan fingerprint density at radius 1 is 1.21 bits per heavy atom. The van der Waals surface area contributed by atoms with Crippen molar-refractivity contribution in [1.29, 1.82) is 5.26 Å². The van der Waals surface area contributed by atoms with Gasteiger partial charge in [-0.05, 0) is 65.0 Å². The van der Waals surface area contributed by atoms with Crippen molar-refractivity contribution >= 4 is 19.1 Å². The highest BCUT2D eigenvalue weighted by atomic mass is 16.6. The SMILES string of the molecule is C[C@@H]1CN(C(C)(C)C=C(C#N)C(=O)N2CCCC[C@@H](OC(=O)NC(Cc3ccccc3)B(O)O)C2)C[C@H](C)O1. The van der Waals surface area contributed by atoms with Crippen molar-refractivity contribution in [3.05, 3.63) is 47.5 Å². The average Bonchev–Trinajstić information content (AvgIpc) is 3.12. The molecule has 0 spiro atoms. The van der Waals surface area contributed by atoms with Gasteiger partial charge < -0.3 is 29.7 Å². The van der Waals surface area contributed by atoms with E-state index in [-0.39, 0.29) is 36.7 Å². The maximum atomic E-state index is 13.4. The van der Waals surface area contributed by atoms with Crippen molar-refractivity contribution in [3.8, 4) is 6.07 Å². The topological polar surface area (TPSA) is 135 Å². The van der Waals surface area contributed by atoms with Gasteiger partial charge in [0.15, 0.2) is 0 Å². The molecule has 2 aliphatic rings. The molecule has 0 aliphatic carbocycles. The van der Waals surface area contributed by atoms with Gasteiger partial charge in [-0.2, -0.15) is 5.26 Å². The molecule has 2 fully saturated rings. The number of rotatable bonds is 8. The van der Waals surface area contributed by atoms with E-state index in [9.17, 15) is 24.9 Å². The fourth-order valence-electron chi connectivity index (χ4n) is 5.22. The molecule has 1 aromatic carbocycles. The highest BCUT2D eigenvalue weighted by molar-refractivity contribution is 6.43. The Labute approximate surface area is 231 Å². The van der Waals surface area contributed by atoms with Crippen LogP contribution in [0.1, 0.15) is 52.5 Å². The number of morpholine rings is 1. The lowest BCUT2D eigenvalue weighted by atomic mass is 9.76. The highest BCUT2D eigenvalue weighted by Gasteiger charge is 2.34. The summed E-state index contributed by atoms with van der Waals surface area (Å²) in [6, 6.07) is 11.3. The zero-order valence-corrected chi connectivity index (χ0v) is 23.4. The van der Waals surface area contributed by atoms with E-state index in [1.165, 1.54) is 0 Å². The Morgan fingerprint density at radius 3 is 2.49 bits per heavy atom. The van der Waals surface area contributed by atoms with Crippen LogP contribution < -0.4 is 5.32 Å². The van der Waals surface area contributed by atoms with Crippen LogP contribution in [-0.2, 0) is 20.7 Å². The summed E-state index contributed by atoms with van der Waals surface area (Å²) >= 11 is 0. The van der Waals surface area contributed by atoms with E-state index in [1.807, 2.05) is 58.0 Å². The molecule has 0 aromatic heterocycles. The van der Waals surface area contributed by atoms with Crippen LogP contribution in [0, 0.1) is 11.3 Å². The largest absolute Gasteiger partial charge is 0.475 e. The first-order chi connectivity index (χ1) is 18.5. The lowest BCUT2D eigenvalue weighted by Crippen LogP contribution is -2.54. The van der Waals surface area contributed by atoms with E-state index in [4.69, 9.17) is 9.47 Å². The second-order valence-electron chi connectivity index (χ2n) is 11.1.